The normalized spacial score (nSPS) is 24.1. The van der Waals surface area contributed by atoms with Crippen LogP contribution in [-0.2, 0) is 25.6 Å². The molecule has 2 saturated heterocycles. The van der Waals surface area contributed by atoms with E-state index in [1.807, 2.05) is 87.8 Å². The second-order valence-electron chi connectivity index (χ2n) is 15.1. The highest BCUT2D eigenvalue weighted by molar-refractivity contribution is 7.90. The van der Waals surface area contributed by atoms with Crippen LogP contribution < -0.4 is 5.32 Å². The minimum Gasteiger partial charge on any atom is -0.321 e. The zero-order valence-electron chi connectivity index (χ0n) is 30.3. The van der Waals surface area contributed by atoms with Gasteiger partial charge in [0.15, 0.2) is 0 Å². The Kier molecular flexibility index (Phi) is 8.27. The molecule has 12 heteroatoms. The summed E-state index contributed by atoms with van der Waals surface area (Å²) in [6.45, 7) is 3.60. The lowest BCUT2D eigenvalue weighted by atomic mass is 9.75. The predicted molar refractivity (Wildman–Crippen MR) is 214 cm³/mol. The maximum atomic E-state index is 15.9. The first-order valence-corrected chi connectivity index (χ1v) is 22.0. The molecule has 2 aliphatic heterocycles. The van der Waals surface area contributed by atoms with Crippen molar-refractivity contribution in [2.75, 3.05) is 26.2 Å². The van der Waals surface area contributed by atoms with Crippen molar-refractivity contribution in [2.24, 2.45) is 5.92 Å². The maximum absolute atomic E-state index is 15.9. The number of hydrogen-bond acceptors (Lipinski definition) is 7. The minimum absolute atomic E-state index is 0.00973. The molecule has 3 fully saturated rings. The van der Waals surface area contributed by atoms with Gasteiger partial charge in [-0.2, -0.15) is 4.31 Å². The van der Waals surface area contributed by atoms with Crippen LogP contribution in [0.3, 0.4) is 0 Å². The van der Waals surface area contributed by atoms with Gasteiger partial charge in [-0.3, -0.25) is 9.88 Å². The molecule has 0 bridgehead atoms. The lowest BCUT2D eigenvalue weighted by Gasteiger charge is -2.44. The van der Waals surface area contributed by atoms with Gasteiger partial charge in [0.1, 0.15) is 5.54 Å². The smallest absolute Gasteiger partial charge is 0.268 e. The number of aromatic nitrogens is 3. The minimum atomic E-state index is -4.22. The van der Waals surface area contributed by atoms with E-state index < -0.39 is 25.6 Å². The number of nitrogens with one attached hydrogen (secondary N) is 1. The van der Waals surface area contributed by atoms with Crippen LogP contribution >= 0.6 is 0 Å². The van der Waals surface area contributed by atoms with E-state index in [-0.39, 0.29) is 27.8 Å². The summed E-state index contributed by atoms with van der Waals surface area (Å²) in [5.74, 6) is -0.00973. The highest BCUT2D eigenvalue weighted by Gasteiger charge is 2.63. The predicted octanol–water partition coefficient (Wildman–Crippen LogP) is 6.46. The molecule has 0 spiro atoms. The van der Waals surface area contributed by atoms with Crippen LogP contribution in [0.25, 0.3) is 27.2 Å². The molecule has 1 N–H and O–H groups in total. The van der Waals surface area contributed by atoms with Gasteiger partial charge in [0.05, 0.1) is 26.5 Å². The Morgan fingerprint density at radius 1 is 0.673 bits per heavy atom. The zero-order valence-corrected chi connectivity index (χ0v) is 31.9. The summed E-state index contributed by atoms with van der Waals surface area (Å²) >= 11 is 0. The van der Waals surface area contributed by atoms with Gasteiger partial charge in [0.2, 0.25) is 10.0 Å². The molecule has 4 atom stereocenters. The molecule has 4 aromatic carbocycles. The van der Waals surface area contributed by atoms with E-state index in [4.69, 9.17) is 4.98 Å². The summed E-state index contributed by atoms with van der Waals surface area (Å²) in [6, 6.07) is 33.0. The summed E-state index contributed by atoms with van der Waals surface area (Å²) in [6.07, 6.45) is 10.3. The molecule has 3 aromatic heterocycles. The van der Waals surface area contributed by atoms with Gasteiger partial charge < -0.3 is 9.72 Å². The Morgan fingerprint density at radius 3 is 2.27 bits per heavy atom. The summed E-state index contributed by atoms with van der Waals surface area (Å²) in [4.78, 5) is 8.13. The molecule has 4 unspecified atom stereocenters. The van der Waals surface area contributed by atoms with Gasteiger partial charge in [-0.25, -0.2) is 20.8 Å². The van der Waals surface area contributed by atoms with E-state index in [1.54, 1.807) is 54.9 Å². The van der Waals surface area contributed by atoms with Gasteiger partial charge >= 0.3 is 0 Å². The number of sulfonamides is 1. The molecule has 0 amide bonds. The van der Waals surface area contributed by atoms with Crippen LogP contribution in [0.2, 0.25) is 0 Å². The van der Waals surface area contributed by atoms with Crippen molar-refractivity contribution >= 4 is 47.2 Å². The highest BCUT2D eigenvalue weighted by Crippen LogP contribution is 2.58. The number of nitrogens with zero attached hydrogens (tertiary/aromatic N) is 5. The maximum Gasteiger partial charge on any atom is 0.268 e. The van der Waals surface area contributed by atoms with Gasteiger partial charge in [-0.15, -0.1) is 0 Å². The molecule has 5 heterocycles. The number of fused-ring (bicyclic) bond motifs is 4. The molecule has 55 heavy (non-hydrogen) atoms. The fourth-order valence-electron chi connectivity index (χ4n) is 10.1. The van der Waals surface area contributed by atoms with E-state index in [1.165, 1.54) is 3.97 Å². The van der Waals surface area contributed by atoms with Crippen molar-refractivity contribution in [1.82, 2.24) is 27.9 Å². The van der Waals surface area contributed by atoms with Crippen LogP contribution in [0.1, 0.15) is 36.9 Å². The third-order valence-corrected chi connectivity index (χ3v) is 16.0. The number of benzene rings is 4. The van der Waals surface area contributed by atoms with Crippen molar-refractivity contribution in [3.05, 3.63) is 145 Å². The first-order valence-electron chi connectivity index (χ1n) is 19.1. The summed E-state index contributed by atoms with van der Waals surface area (Å²) in [7, 11) is -8.19. The van der Waals surface area contributed by atoms with Crippen molar-refractivity contribution in [1.29, 1.82) is 0 Å². The lowest BCUT2D eigenvalue weighted by Crippen LogP contribution is -2.55. The average Bonchev–Trinajstić information content (AvgIpc) is 3.98. The molecule has 1 aliphatic carbocycles. The number of piperazine rings is 1. The largest absolute Gasteiger partial charge is 0.321 e. The number of rotatable bonds is 7. The molecule has 0 radical (unpaired) electrons. The molecular formula is C43H42N6O4S2. The third-order valence-electron chi connectivity index (χ3n) is 12.4. The van der Waals surface area contributed by atoms with E-state index in [9.17, 15) is 8.42 Å². The summed E-state index contributed by atoms with van der Waals surface area (Å²) < 4.78 is 65.4. The monoisotopic (exact) mass is 770 g/mol. The Hall–Kier alpha value is -4.85. The fraction of sp³-hybridized carbons (Fsp3) is 0.279. The van der Waals surface area contributed by atoms with Gasteiger partial charge in [0, 0.05) is 68.4 Å². The van der Waals surface area contributed by atoms with Crippen molar-refractivity contribution in [3.8, 4) is 0 Å². The Balaban J connectivity index is 1.27. The van der Waals surface area contributed by atoms with Crippen molar-refractivity contribution < 1.29 is 16.8 Å². The zero-order chi connectivity index (χ0) is 37.4. The van der Waals surface area contributed by atoms with Gasteiger partial charge in [-0.05, 0) is 90.0 Å². The van der Waals surface area contributed by atoms with Gasteiger partial charge in [0.25, 0.3) is 10.0 Å². The summed E-state index contributed by atoms with van der Waals surface area (Å²) in [5, 5.41) is 5.99. The number of hydrogen-bond donors (Lipinski definition) is 1. The highest BCUT2D eigenvalue weighted by atomic mass is 32.2. The quantitative estimate of drug-likeness (QED) is 0.198. The van der Waals surface area contributed by atoms with E-state index in [0.717, 1.165) is 60.9 Å². The van der Waals surface area contributed by atoms with Gasteiger partial charge in [-0.1, -0.05) is 67.1 Å². The summed E-state index contributed by atoms with van der Waals surface area (Å²) in [5.41, 5.74) is 1.38. The van der Waals surface area contributed by atoms with E-state index >= 15 is 8.42 Å². The topological polar surface area (TPSA) is 109 Å². The lowest BCUT2D eigenvalue weighted by molar-refractivity contribution is 0.0761. The second kappa shape index (κ2) is 13.1. The van der Waals surface area contributed by atoms with Crippen molar-refractivity contribution in [2.45, 2.75) is 53.1 Å². The SMILES string of the molecule is O=S(=O)(c1ccc2ccccc2c1)N1C2CCCC(N3CCNCC3)C2CC1(c1cccc2c1ccn2S(=O)(=O)c1ccccc1)c1nccn2cccc12. The second-order valence-corrected chi connectivity index (χ2v) is 18.8. The molecule has 3 aliphatic rings. The standard InChI is InChI=1S/C43H42N6O4S2/c50-54(51,33-11-2-1-3-12-33)48-25-20-35-37(13-6-15-39(35)48)43(42-41-17-8-24-46(41)28-23-45-42)30-36-38(47-26-21-44-22-27-47)14-7-16-40(36)49(43)55(52,53)34-19-18-31-9-4-5-10-32(31)29-34/h1-6,8-13,15,17-20,23-25,28-29,36,38,40,44H,7,14,16,21-22,26-27,30H2. The van der Waals surface area contributed by atoms with Crippen molar-refractivity contribution in [3.63, 3.8) is 0 Å². The Morgan fingerprint density at radius 2 is 1.44 bits per heavy atom. The Labute approximate surface area is 321 Å². The van der Waals surface area contributed by atoms with Crippen LogP contribution in [0.15, 0.2) is 144 Å². The molecule has 10 rings (SSSR count). The molecule has 1 saturated carbocycles. The van der Waals surface area contributed by atoms with E-state index in [2.05, 4.69) is 10.2 Å². The van der Waals surface area contributed by atoms with Crippen LogP contribution in [0.4, 0.5) is 0 Å². The molecular weight excluding hydrogens is 729 g/mol. The first kappa shape index (κ1) is 34.6. The van der Waals surface area contributed by atoms with Crippen LogP contribution in [0, 0.1) is 5.92 Å². The molecule has 280 valence electrons. The van der Waals surface area contributed by atoms with E-state index in [0.29, 0.717) is 29.4 Å². The van der Waals surface area contributed by atoms with Crippen LogP contribution in [-0.4, -0.2) is 77.7 Å². The molecule has 7 aromatic rings. The first-order chi connectivity index (χ1) is 26.8. The average molecular weight is 771 g/mol. The van der Waals surface area contributed by atoms with Crippen LogP contribution in [0.5, 0.6) is 0 Å². The molecule has 10 nitrogen and oxygen atoms in total. The fourth-order valence-corrected chi connectivity index (χ4v) is 13.5. The third kappa shape index (κ3) is 5.33. The Bertz CT molecular complexity index is 2800.